The van der Waals surface area contributed by atoms with E-state index in [9.17, 15) is 9.59 Å². The van der Waals surface area contributed by atoms with Gasteiger partial charge >= 0.3 is 5.97 Å². The summed E-state index contributed by atoms with van der Waals surface area (Å²) in [7, 11) is 3.25. The summed E-state index contributed by atoms with van der Waals surface area (Å²) in [5, 5.41) is 0.909. The van der Waals surface area contributed by atoms with E-state index in [4.69, 9.17) is 9.15 Å². The molecule has 5 heteroatoms. The van der Waals surface area contributed by atoms with Crippen LogP contribution in [0.25, 0.3) is 11.0 Å². The highest BCUT2D eigenvalue weighted by Crippen LogP contribution is 2.27. The van der Waals surface area contributed by atoms with Crippen LogP contribution in [0.15, 0.2) is 22.8 Å². The highest BCUT2D eigenvalue weighted by Gasteiger charge is 2.20. The first-order valence-electron chi connectivity index (χ1n) is 7.18. The maximum absolute atomic E-state index is 12.0. The van der Waals surface area contributed by atoms with Crippen molar-refractivity contribution in [3.8, 4) is 0 Å². The van der Waals surface area contributed by atoms with Gasteiger partial charge < -0.3 is 14.1 Å². The first-order valence-corrected chi connectivity index (χ1v) is 7.18. The Hall–Kier alpha value is -2.30. The number of carbonyl (C=O) groups is 2. The van der Waals surface area contributed by atoms with Gasteiger partial charge in [0.15, 0.2) is 6.10 Å². The molecule has 0 spiro atoms. The molecule has 1 amide bonds. The second kappa shape index (κ2) is 6.22. The molecular weight excluding hydrogens is 282 g/mol. The van der Waals surface area contributed by atoms with Crippen LogP contribution in [0.3, 0.4) is 0 Å². The van der Waals surface area contributed by atoms with Crippen molar-refractivity contribution in [2.24, 2.45) is 0 Å². The maximum atomic E-state index is 12.0. The van der Waals surface area contributed by atoms with Crippen LogP contribution in [-0.2, 0) is 20.7 Å². The SMILES string of the molecule is Cc1ccc2c(CC(=O)O[C@H](C)C(=O)N(C)C)coc2c1C. The van der Waals surface area contributed by atoms with Crippen LogP contribution in [0.2, 0.25) is 0 Å². The van der Waals surface area contributed by atoms with Crippen LogP contribution >= 0.6 is 0 Å². The molecule has 118 valence electrons. The number of furan rings is 1. The Morgan fingerprint density at radius 1 is 1.27 bits per heavy atom. The summed E-state index contributed by atoms with van der Waals surface area (Å²) < 4.78 is 10.7. The van der Waals surface area contributed by atoms with Crippen LogP contribution in [0.1, 0.15) is 23.6 Å². The predicted molar refractivity (Wildman–Crippen MR) is 83.6 cm³/mol. The van der Waals surface area contributed by atoms with Gasteiger partial charge in [0, 0.05) is 25.0 Å². The number of fused-ring (bicyclic) bond motifs is 1. The third kappa shape index (κ3) is 3.13. The van der Waals surface area contributed by atoms with Gasteiger partial charge in [-0.2, -0.15) is 0 Å². The van der Waals surface area contributed by atoms with E-state index in [0.717, 1.165) is 27.7 Å². The number of ether oxygens (including phenoxy) is 1. The minimum atomic E-state index is -0.787. The lowest BCUT2D eigenvalue weighted by atomic mass is 10.0. The molecule has 0 aliphatic carbocycles. The average Bonchev–Trinajstić information content (AvgIpc) is 2.85. The first kappa shape index (κ1) is 16.1. The molecule has 0 fully saturated rings. The van der Waals surface area contributed by atoms with Crippen molar-refractivity contribution >= 4 is 22.8 Å². The van der Waals surface area contributed by atoms with Gasteiger partial charge in [-0.3, -0.25) is 9.59 Å². The van der Waals surface area contributed by atoms with Crippen molar-refractivity contribution in [1.29, 1.82) is 0 Å². The number of carbonyl (C=O) groups excluding carboxylic acids is 2. The molecule has 2 aromatic rings. The van der Waals surface area contributed by atoms with E-state index in [0.29, 0.717) is 0 Å². The molecule has 1 aromatic carbocycles. The predicted octanol–water partition coefficient (Wildman–Crippen LogP) is 2.61. The Morgan fingerprint density at radius 3 is 2.59 bits per heavy atom. The number of nitrogens with zero attached hydrogens (tertiary/aromatic N) is 1. The average molecular weight is 303 g/mol. The monoisotopic (exact) mass is 303 g/mol. The van der Waals surface area contributed by atoms with E-state index >= 15 is 0 Å². The van der Waals surface area contributed by atoms with E-state index in [1.54, 1.807) is 27.3 Å². The summed E-state index contributed by atoms with van der Waals surface area (Å²) in [6.07, 6.45) is 0.877. The van der Waals surface area contributed by atoms with E-state index in [-0.39, 0.29) is 12.3 Å². The summed E-state index contributed by atoms with van der Waals surface area (Å²) in [5.41, 5.74) is 3.77. The number of amides is 1. The van der Waals surface area contributed by atoms with Gasteiger partial charge in [-0.15, -0.1) is 0 Å². The summed E-state index contributed by atoms with van der Waals surface area (Å²) in [6.45, 7) is 5.57. The number of benzene rings is 1. The zero-order valence-corrected chi connectivity index (χ0v) is 13.6. The van der Waals surface area contributed by atoms with Crippen molar-refractivity contribution in [3.05, 3.63) is 35.1 Å². The topological polar surface area (TPSA) is 59.8 Å². The normalized spacial score (nSPS) is 12.2. The standard InChI is InChI=1S/C17H21NO4/c1-10-6-7-14-13(9-21-16(14)11(10)2)8-15(19)22-12(3)17(20)18(4)5/h6-7,9,12H,8H2,1-5H3/t12-/m1/s1. The Morgan fingerprint density at radius 2 is 1.95 bits per heavy atom. The summed E-state index contributed by atoms with van der Waals surface area (Å²) in [4.78, 5) is 25.1. The van der Waals surface area contributed by atoms with Crippen LogP contribution in [0.5, 0.6) is 0 Å². The smallest absolute Gasteiger partial charge is 0.311 e. The first-order chi connectivity index (χ1) is 10.3. The molecule has 0 radical (unpaired) electrons. The van der Waals surface area contributed by atoms with Crippen LogP contribution in [0.4, 0.5) is 0 Å². The number of likely N-dealkylation sites (N-methyl/N-ethyl adjacent to an activating group) is 1. The summed E-state index contributed by atoms with van der Waals surface area (Å²) >= 11 is 0. The molecule has 1 aromatic heterocycles. The van der Waals surface area contributed by atoms with E-state index in [1.807, 2.05) is 26.0 Å². The molecule has 1 heterocycles. The fraction of sp³-hybridized carbons (Fsp3) is 0.412. The number of hydrogen-bond donors (Lipinski definition) is 0. The molecule has 0 aliphatic rings. The molecule has 0 unspecified atom stereocenters. The number of esters is 1. The van der Waals surface area contributed by atoms with Gasteiger partial charge in [0.25, 0.3) is 5.91 Å². The lowest BCUT2D eigenvalue weighted by molar-refractivity contribution is -0.157. The van der Waals surface area contributed by atoms with Gasteiger partial charge in [-0.05, 0) is 31.9 Å². The van der Waals surface area contributed by atoms with Gasteiger partial charge in [-0.25, -0.2) is 0 Å². The number of aryl methyl sites for hydroxylation is 2. The largest absolute Gasteiger partial charge is 0.464 e. The zero-order chi connectivity index (χ0) is 16.4. The zero-order valence-electron chi connectivity index (χ0n) is 13.6. The summed E-state index contributed by atoms with van der Waals surface area (Å²) in [6, 6.07) is 3.94. The third-order valence-electron chi connectivity index (χ3n) is 3.77. The second-order valence-corrected chi connectivity index (χ2v) is 5.69. The van der Waals surface area contributed by atoms with Crippen LogP contribution in [-0.4, -0.2) is 37.0 Å². The van der Waals surface area contributed by atoms with Crippen LogP contribution < -0.4 is 0 Å². The Labute approximate surface area is 129 Å². The molecule has 0 N–H and O–H groups in total. The van der Waals surface area contributed by atoms with Crippen molar-refractivity contribution in [2.75, 3.05) is 14.1 Å². The Kier molecular flexibility index (Phi) is 4.54. The van der Waals surface area contributed by atoms with Crippen molar-refractivity contribution < 1.29 is 18.7 Å². The lowest BCUT2D eigenvalue weighted by Gasteiger charge is -2.17. The van der Waals surface area contributed by atoms with Crippen molar-refractivity contribution in [2.45, 2.75) is 33.3 Å². The van der Waals surface area contributed by atoms with E-state index in [1.165, 1.54) is 4.90 Å². The molecule has 1 atom stereocenters. The van der Waals surface area contributed by atoms with Gasteiger partial charge in [0.05, 0.1) is 12.7 Å². The highest BCUT2D eigenvalue weighted by molar-refractivity contribution is 5.89. The van der Waals surface area contributed by atoms with E-state index < -0.39 is 12.1 Å². The minimum Gasteiger partial charge on any atom is -0.464 e. The molecule has 22 heavy (non-hydrogen) atoms. The summed E-state index contributed by atoms with van der Waals surface area (Å²) in [5.74, 6) is -0.680. The fourth-order valence-electron chi connectivity index (χ4n) is 2.33. The molecule has 5 nitrogen and oxygen atoms in total. The highest BCUT2D eigenvalue weighted by atomic mass is 16.5. The van der Waals surface area contributed by atoms with Crippen molar-refractivity contribution in [1.82, 2.24) is 4.90 Å². The van der Waals surface area contributed by atoms with Gasteiger partial charge in [0.1, 0.15) is 5.58 Å². The number of rotatable bonds is 4. The minimum absolute atomic E-state index is 0.0839. The lowest BCUT2D eigenvalue weighted by Crippen LogP contribution is -2.35. The second-order valence-electron chi connectivity index (χ2n) is 5.69. The fourth-order valence-corrected chi connectivity index (χ4v) is 2.33. The molecule has 2 rings (SSSR count). The molecular formula is C17H21NO4. The van der Waals surface area contributed by atoms with Gasteiger partial charge in [-0.1, -0.05) is 12.1 Å². The molecule has 0 bridgehead atoms. The van der Waals surface area contributed by atoms with Crippen molar-refractivity contribution in [3.63, 3.8) is 0 Å². The Balaban J connectivity index is 2.13. The third-order valence-corrected chi connectivity index (χ3v) is 3.77. The molecule has 0 saturated carbocycles. The Bertz CT molecular complexity index is 715. The van der Waals surface area contributed by atoms with E-state index in [2.05, 4.69) is 0 Å². The van der Waals surface area contributed by atoms with Gasteiger partial charge in [0.2, 0.25) is 0 Å². The van der Waals surface area contributed by atoms with Crippen LogP contribution in [0, 0.1) is 13.8 Å². The molecule has 0 aliphatic heterocycles. The maximum Gasteiger partial charge on any atom is 0.311 e. The number of hydrogen-bond acceptors (Lipinski definition) is 4. The molecule has 0 saturated heterocycles. The quantitative estimate of drug-likeness (QED) is 0.815.